The summed E-state index contributed by atoms with van der Waals surface area (Å²) in [5.74, 6) is 2.41. The van der Waals surface area contributed by atoms with Gasteiger partial charge in [0.05, 0.1) is 0 Å². The van der Waals surface area contributed by atoms with Crippen LogP contribution in [-0.2, 0) is 6.54 Å². The molecule has 2 aliphatic rings. The van der Waals surface area contributed by atoms with Crippen LogP contribution in [0, 0.1) is 11.8 Å². The molecule has 2 atom stereocenters. The Morgan fingerprint density at radius 2 is 1.52 bits per heavy atom. The molecule has 2 fully saturated rings. The maximum atomic E-state index is 4.38. The summed E-state index contributed by atoms with van der Waals surface area (Å²) in [5.41, 5.74) is 1.42. The average molecular weight is 280 g/mol. The highest BCUT2D eigenvalue weighted by atomic mass is 15.3. The maximum Gasteiger partial charge on any atom is 0.225 e. The van der Waals surface area contributed by atoms with E-state index in [2.05, 4.69) is 50.1 Å². The van der Waals surface area contributed by atoms with E-state index in [0.29, 0.717) is 0 Å². The number of nitrogens with zero attached hydrogens (tertiary/aromatic N) is 4. The first-order valence-corrected chi connectivity index (χ1v) is 7.67. The highest BCUT2D eigenvalue weighted by Crippen LogP contribution is 2.33. The Balaban J connectivity index is 1.37. The van der Waals surface area contributed by atoms with Crippen molar-refractivity contribution in [3.63, 3.8) is 0 Å². The van der Waals surface area contributed by atoms with Crippen LogP contribution in [0.25, 0.3) is 0 Å². The molecule has 4 heteroatoms. The summed E-state index contributed by atoms with van der Waals surface area (Å²) < 4.78 is 0. The highest BCUT2D eigenvalue weighted by Gasteiger charge is 2.40. The molecule has 0 bridgehead atoms. The molecule has 108 valence electrons. The Labute approximate surface area is 125 Å². The van der Waals surface area contributed by atoms with Crippen molar-refractivity contribution in [2.45, 2.75) is 6.54 Å². The van der Waals surface area contributed by atoms with Crippen LogP contribution in [0.2, 0.25) is 0 Å². The van der Waals surface area contributed by atoms with E-state index in [0.717, 1.165) is 37.4 Å². The van der Waals surface area contributed by atoms with Gasteiger partial charge < -0.3 is 4.90 Å². The number of aromatic nitrogens is 2. The predicted molar refractivity (Wildman–Crippen MR) is 82.9 cm³/mol. The third kappa shape index (κ3) is 2.63. The molecule has 1 aromatic carbocycles. The Morgan fingerprint density at radius 1 is 0.857 bits per heavy atom. The second-order valence-corrected chi connectivity index (χ2v) is 6.15. The van der Waals surface area contributed by atoms with E-state index >= 15 is 0 Å². The van der Waals surface area contributed by atoms with Gasteiger partial charge in [-0.05, 0) is 23.5 Å². The Hall–Kier alpha value is -1.94. The van der Waals surface area contributed by atoms with Gasteiger partial charge in [-0.25, -0.2) is 9.97 Å². The quantitative estimate of drug-likeness (QED) is 0.861. The lowest BCUT2D eigenvalue weighted by Gasteiger charge is -2.21. The highest BCUT2D eigenvalue weighted by molar-refractivity contribution is 5.32. The smallest absolute Gasteiger partial charge is 0.225 e. The molecule has 1 aromatic heterocycles. The summed E-state index contributed by atoms with van der Waals surface area (Å²) in [5, 5.41) is 0. The molecule has 0 N–H and O–H groups in total. The van der Waals surface area contributed by atoms with Crippen molar-refractivity contribution in [2.75, 3.05) is 31.1 Å². The van der Waals surface area contributed by atoms with Crippen LogP contribution in [0.4, 0.5) is 5.95 Å². The lowest BCUT2D eigenvalue weighted by molar-refractivity contribution is 0.308. The van der Waals surface area contributed by atoms with Gasteiger partial charge in [0.15, 0.2) is 0 Å². The minimum atomic E-state index is 0.762. The second kappa shape index (κ2) is 5.45. The van der Waals surface area contributed by atoms with Crippen LogP contribution >= 0.6 is 0 Å². The zero-order valence-corrected chi connectivity index (χ0v) is 12.1. The molecule has 0 aliphatic carbocycles. The Kier molecular flexibility index (Phi) is 3.31. The normalized spacial score (nSPS) is 25.2. The van der Waals surface area contributed by atoms with Crippen molar-refractivity contribution in [1.82, 2.24) is 14.9 Å². The summed E-state index contributed by atoms with van der Waals surface area (Å²) in [6, 6.07) is 12.7. The standard InChI is InChI=1S/C17H20N4/c1-2-5-14(6-3-1)9-20-10-15-12-21(13-16(15)11-20)17-18-7-4-8-19-17/h1-8,15-16H,9-13H2/t15-,16+. The average Bonchev–Trinajstić information content (AvgIpc) is 3.07. The van der Waals surface area contributed by atoms with Crippen LogP contribution in [0.1, 0.15) is 5.56 Å². The molecule has 21 heavy (non-hydrogen) atoms. The van der Waals surface area contributed by atoms with E-state index < -0.39 is 0 Å². The monoisotopic (exact) mass is 280 g/mol. The van der Waals surface area contributed by atoms with Gasteiger partial charge in [-0.15, -0.1) is 0 Å². The molecule has 0 spiro atoms. The number of hydrogen-bond acceptors (Lipinski definition) is 4. The molecule has 0 saturated carbocycles. The van der Waals surface area contributed by atoms with E-state index in [-0.39, 0.29) is 0 Å². The van der Waals surface area contributed by atoms with Gasteiger partial charge in [-0.3, -0.25) is 4.90 Å². The summed E-state index contributed by atoms with van der Waals surface area (Å²) >= 11 is 0. The van der Waals surface area contributed by atoms with Crippen molar-refractivity contribution in [1.29, 1.82) is 0 Å². The van der Waals surface area contributed by atoms with Crippen LogP contribution in [0.5, 0.6) is 0 Å². The van der Waals surface area contributed by atoms with Crippen LogP contribution < -0.4 is 4.90 Å². The zero-order valence-electron chi connectivity index (χ0n) is 12.1. The third-order valence-corrected chi connectivity index (χ3v) is 4.65. The molecule has 2 saturated heterocycles. The number of likely N-dealkylation sites (tertiary alicyclic amines) is 1. The zero-order chi connectivity index (χ0) is 14.1. The first-order valence-electron chi connectivity index (χ1n) is 7.67. The van der Waals surface area contributed by atoms with Crippen molar-refractivity contribution < 1.29 is 0 Å². The number of fused-ring (bicyclic) bond motifs is 1. The van der Waals surface area contributed by atoms with Crippen LogP contribution in [-0.4, -0.2) is 41.0 Å². The second-order valence-electron chi connectivity index (χ2n) is 6.15. The van der Waals surface area contributed by atoms with Gasteiger partial charge in [0.2, 0.25) is 5.95 Å². The molecule has 2 aliphatic heterocycles. The fourth-order valence-electron chi connectivity index (χ4n) is 3.68. The van der Waals surface area contributed by atoms with Crippen molar-refractivity contribution in [3.8, 4) is 0 Å². The summed E-state index contributed by atoms with van der Waals surface area (Å²) in [6.07, 6.45) is 3.66. The fraction of sp³-hybridized carbons (Fsp3) is 0.412. The lowest BCUT2D eigenvalue weighted by atomic mass is 10.0. The Bertz CT molecular complexity index is 572. The van der Waals surface area contributed by atoms with Crippen molar-refractivity contribution >= 4 is 5.95 Å². The molecule has 4 nitrogen and oxygen atoms in total. The van der Waals surface area contributed by atoms with E-state index in [4.69, 9.17) is 0 Å². The first-order chi connectivity index (χ1) is 10.4. The van der Waals surface area contributed by atoms with E-state index in [1.807, 2.05) is 18.5 Å². The first kappa shape index (κ1) is 12.8. The fourth-order valence-corrected chi connectivity index (χ4v) is 3.68. The third-order valence-electron chi connectivity index (χ3n) is 4.65. The topological polar surface area (TPSA) is 32.3 Å². The van der Waals surface area contributed by atoms with Gasteiger partial charge in [0.1, 0.15) is 0 Å². The molecule has 0 unspecified atom stereocenters. The lowest BCUT2D eigenvalue weighted by Crippen LogP contribution is -2.29. The van der Waals surface area contributed by atoms with Crippen molar-refractivity contribution in [3.05, 3.63) is 54.4 Å². The summed E-state index contributed by atoms with van der Waals surface area (Å²) in [6.45, 7) is 5.67. The maximum absolute atomic E-state index is 4.38. The van der Waals surface area contributed by atoms with E-state index in [1.54, 1.807) is 0 Å². The van der Waals surface area contributed by atoms with Gasteiger partial charge >= 0.3 is 0 Å². The SMILES string of the molecule is c1ccc(CN2C[C@@H]3CN(c4ncccn4)C[C@@H]3C2)cc1. The van der Waals surface area contributed by atoms with Gasteiger partial charge in [0, 0.05) is 45.1 Å². The molecule has 2 aromatic rings. The summed E-state index contributed by atoms with van der Waals surface area (Å²) in [4.78, 5) is 13.7. The van der Waals surface area contributed by atoms with Crippen LogP contribution in [0.15, 0.2) is 48.8 Å². The summed E-state index contributed by atoms with van der Waals surface area (Å²) in [7, 11) is 0. The molecule has 0 radical (unpaired) electrons. The van der Waals surface area contributed by atoms with E-state index in [9.17, 15) is 0 Å². The molecular formula is C17H20N4. The number of rotatable bonds is 3. The number of hydrogen-bond donors (Lipinski definition) is 0. The molecule has 4 rings (SSSR count). The van der Waals surface area contributed by atoms with E-state index in [1.165, 1.54) is 18.7 Å². The minimum absolute atomic E-state index is 0.762. The Morgan fingerprint density at radius 3 is 2.19 bits per heavy atom. The van der Waals surface area contributed by atoms with Crippen molar-refractivity contribution in [2.24, 2.45) is 11.8 Å². The number of benzene rings is 1. The largest absolute Gasteiger partial charge is 0.340 e. The predicted octanol–water partition coefficient (Wildman–Crippen LogP) is 2.04. The molecular weight excluding hydrogens is 260 g/mol. The molecule has 0 amide bonds. The van der Waals surface area contributed by atoms with Gasteiger partial charge in [0.25, 0.3) is 0 Å². The van der Waals surface area contributed by atoms with Crippen LogP contribution in [0.3, 0.4) is 0 Å². The minimum Gasteiger partial charge on any atom is -0.340 e. The van der Waals surface area contributed by atoms with Gasteiger partial charge in [-0.2, -0.15) is 0 Å². The van der Waals surface area contributed by atoms with Gasteiger partial charge in [-0.1, -0.05) is 30.3 Å². The molecule has 3 heterocycles. The number of anilines is 1.